The van der Waals surface area contributed by atoms with Gasteiger partial charge >= 0.3 is 0 Å². The van der Waals surface area contributed by atoms with Crippen LogP contribution in [0.5, 0.6) is 0 Å². The fourth-order valence-corrected chi connectivity index (χ4v) is 2.24. The summed E-state index contributed by atoms with van der Waals surface area (Å²) in [4.78, 5) is 10.4. The first-order chi connectivity index (χ1) is 9.13. The molecule has 100 valence electrons. The SMILES string of the molecule is CCc1c(N)ncnc1N(C)Cc1ccccc1Cl. The molecule has 4 nitrogen and oxygen atoms in total. The molecule has 0 fully saturated rings. The second kappa shape index (κ2) is 5.89. The predicted molar refractivity (Wildman–Crippen MR) is 79.4 cm³/mol. The zero-order chi connectivity index (χ0) is 13.8. The fraction of sp³-hybridized carbons (Fsp3) is 0.286. The van der Waals surface area contributed by atoms with Crippen molar-refractivity contribution in [3.63, 3.8) is 0 Å². The minimum Gasteiger partial charge on any atom is -0.383 e. The summed E-state index contributed by atoms with van der Waals surface area (Å²) in [5.41, 5.74) is 7.92. The molecule has 0 aliphatic carbocycles. The van der Waals surface area contributed by atoms with E-state index in [9.17, 15) is 0 Å². The Bertz CT molecular complexity index is 571. The first-order valence-electron chi connectivity index (χ1n) is 6.17. The van der Waals surface area contributed by atoms with Crippen LogP contribution in [-0.4, -0.2) is 17.0 Å². The minimum absolute atomic E-state index is 0.540. The summed E-state index contributed by atoms with van der Waals surface area (Å²) >= 11 is 6.18. The Morgan fingerprint density at radius 1 is 1.26 bits per heavy atom. The highest BCUT2D eigenvalue weighted by molar-refractivity contribution is 6.31. The van der Waals surface area contributed by atoms with Gasteiger partial charge in [0.25, 0.3) is 0 Å². The first-order valence-corrected chi connectivity index (χ1v) is 6.55. The van der Waals surface area contributed by atoms with E-state index >= 15 is 0 Å². The van der Waals surface area contributed by atoms with Crippen molar-refractivity contribution in [3.8, 4) is 0 Å². The molecule has 0 bridgehead atoms. The van der Waals surface area contributed by atoms with Gasteiger partial charge in [0.15, 0.2) is 0 Å². The molecule has 0 amide bonds. The number of nitrogens with two attached hydrogens (primary N) is 1. The molecule has 0 aliphatic rings. The Morgan fingerprint density at radius 2 is 2.00 bits per heavy atom. The highest BCUT2D eigenvalue weighted by Crippen LogP contribution is 2.24. The molecule has 1 aromatic carbocycles. The third kappa shape index (κ3) is 2.96. The molecule has 5 heteroatoms. The van der Waals surface area contributed by atoms with Crippen molar-refractivity contribution in [2.75, 3.05) is 17.7 Å². The van der Waals surface area contributed by atoms with Crippen LogP contribution in [-0.2, 0) is 13.0 Å². The molecule has 0 saturated heterocycles. The molecule has 2 N–H and O–H groups in total. The number of halogens is 1. The van der Waals surface area contributed by atoms with E-state index < -0.39 is 0 Å². The lowest BCUT2D eigenvalue weighted by molar-refractivity contribution is 0.873. The lowest BCUT2D eigenvalue weighted by Crippen LogP contribution is -2.20. The van der Waals surface area contributed by atoms with Gasteiger partial charge in [-0.3, -0.25) is 0 Å². The van der Waals surface area contributed by atoms with E-state index in [2.05, 4.69) is 9.97 Å². The molecule has 2 rings (SSSR count). The van der Waals surface area contributed by atoms with Crippen LogP contribution in [0.4, 0.5) is 11.6 Å². The van der Waals surface area contributed by atoms with Gasteiger partial charge in [0.2, 0.25) is 0 Å². The monoisotopic (exact) mass is 276 g/mol. The number of aromatic nitrogens is 2. The minimum atomic E-state index is 0.540. The summed E-state index contributed by atoms with van der Waals surface area (Å²) in [5.74, 6) is 1.40. The van der Waals surface area contributed by atoms with Crippen LogP contribution in [0.15, 0.2) is 30.6 Å². The maximum Gasteiger partial charge on any atom is 0.137 e. The molecular weight excluding hydrogens is 260 g/mol. The fourth-order valence-electron chi connectivity index (χ4n) is 2.04. The molecule has 0 radical (unpaired) electrons. The Labute approximate surface area is 118 Å². The number of hydrogen-bond acceptors (Lipinski definition) is 4. The maximum atomic E-state index is 6.18. The summed E-state index contributed by atoms with van der Waals surface area (Å²) in [6, 6.07) is 7.80. The summed E-state index contributed by atoms with van der Waals surface area (Å²) in [6.45, 7) is 2.73. The second-order valence-corrected chi connectivity index (χ2v) is 4.77. The predicted octanol–water partition coefficient (Wildman–Crippen LogP) is 2.91. The lowest BCUT2D eigenvalue weighted by Gasteiger charge is -2.21. The number of benzene rings is 1. The van der Waals surface area contributed by atoms with Gasteiger partial charge in [-0.05, 0) is 18.1 Å². The number of nitrogens with zero attached hydrogens (tertiary/aromatic N) is 3. The third-order valence-electron chi connectivity index (χ3n) is 3.04. The van der Waals surface area contributed by atoms with E-state index in [1.807, 2.05) is 43.1 Å². The standard InChI is InChI=1S/C14H17ClN4/c1-3-11-13(16)17-9-18-14(11)19(2)8-10-6-4-5-7-12(10)15/h4-7,9H,3,8H2,1-2H3,(H2,16,17,18). The lowest BCUT2D eigenvalue weighted by atomic mass is 10.2. The van der Waals surface area contributed by atoms with E-state index in [4.69, 9.17) is 17.3 Å². The summed E-state index contributed by atoms with van der Waals surface area (Å²) in [6.07, 6.45) is 2.29. The second-order valence-electron chi connectivity index (χ2n) is 4.36. The maximum absolute atomic E-state index is 6.18. The summed E-state index contributed by atoms with van der Waals surface area (Å²) in [7, 11) is 1.98. The van der Waals surface area contributed by atoms with E-state index in [0.29, 0.717) is 12.4 Å². The summed E-state index contributed by atoms with van der Waals surface area (Å²) in [5, 5.41) is 0.759. The topological polar surface area (TPSA) is 55.0 Å². The highest BCUT2D eigenvalue weighted by Gasteiger charge is 2.12. The van der Waals surface area contributed by atoms with Crippen molar-refractivity contribution in [1.29, 1.82) is 0 Å². The van der Waals surface area contributed by atoms with Gasteiger partial charge in [0, 0.05) is 24.2 Å². The van der Waals surface area contributed by atoms with Gasteiger partial charge in [-0.25, -0.2) is 9.97 Å². The van der Waals surface area contributed by atoms with Crippen LogP contribution >= 0.6 is 11.6 Å². The van der Waals surface area contributed by atoms with Gasteiger partial charge in [-0.2, -0.15) is 0 Å². The normalized spacial score (nSPS) is 10.5. The Balaban J connectivity index is 2.28. The Kier molecular flexibility index (Phi) is 4.22. The van der Waals surface area contributed by atoms with Gasteiger partial charge < -0.3 is 10.6 Å². The Hall–Kier alpha value is -1.81. The van der Waals surface area contributed by atoms with E-state index in [0.717, 1.165) is 28.4 Å². The largest absolute Gasteiger partial charge is 0.383 e. The molecule has 0 spiro atoms. The van der Waals surface area contributed by atoms with E-state index in [-0.39, 0.29) is 0 Å². The number of rotatable bonds is 4. The van der Waals surface area contributed by atoms with Crippen LogP contribution in [0, 0.1) is 0 Å². The van der Waals surface area contributed by atoms with Gasteiger partial charge in [-0.15, -0.1) is 0 Å². The van der Waals surface area contributed by atoms with Crippen molar-refractivity contribution < 1.29 is 0 Å². The van der Waals surface area contributed by atoms with Gasteiger partial charge in [0.05, 0.1) is 0 Å². The van der Waals surface area contributed by atoms with E-state index in [1.54, 1.807) is 0 Å². The zero-order valence-corrected chi connectivity index (χ0v) is 11.9. The molecule has 1 aromatic heterocycles. The van der Waals surface area contributed by atoms with Crippen LogP contribution < -0.4 is 10.6 Å². The quantitative estimate of drug-likeness (QED) is 0.933. The smallest absolute Gasteiger partial charge is 0.137 e. The van der Waals surface area contributed by atoms with Crippen LogP contribution in [0.1, 0.15) is 18.1 Å². The first kappa shape index (κ1) is 13.6. The number of hydrogen-bond donors (Lipinski definition) is 1. The molecule has 2 aromatic rings. The molecule has 1 heterocycles. The zero-order valence-electron chi connectivity index (χ0n) is 11.1. The average Bonchev–Trinajstić information content (AvgIpc) is 2.41. The third-order valence-corrected chi connectivity index (χ3v) is 3.41. The van der Waals surface area contributed by atoms with Crippen molar-refractivity contribution in [2.45, 2.75) is 19.9 Å². The molecule has 19 heavy (non-hydrogen) atoms. The average molecular weight is 277 g/mol. The van der Waals surface area contributed by atoms with Gasteiger partial charge in [0.1, 0.15) is 18.0 Å². The molecular formula is C14H17ClN4. The number of anilines is 2. The highest BCUT2D eigenvalue weighted by atomic mass is 35.5. The van der Waals surface area contributed by atoms with Crippen molar-refractivity contribution >= 4 is 23.2 Å². The molecule has 0 atom stereocenters. The molecule has 0 unspecified atom stereocenters. The van der Waals surface area contributed by atoms with Crippen molar-refractivity contribution in [3.05, 3.63) is 46.7 Å². The Morgan fingerprint density at radius 3 is 2.68 bits per heavy atom. The van der Waals surface area contributed by atoms with Crippen LogP contribution in [0.3, 0.4) is 0 Å². The molecule has 0 saturated carbocycles. The van der Waals surface area contributed by atoms with E-state index in [1.165, 1.54) is 6.33 Å². The summed E-state index contributed by atoms with van der Waals surface area (Å²) < 4.78 is 0. The van der Waals surface area contributed by atoms with Crippen LogP contribution in [0.2, 0.25) is 5.02 Å². The van der Waals surface area contributed by atoms with Gasteiger partial charge in [-0.1, -0.05) is 36.7 Å². The van der Waals surface area contributed by atoms with Crippen LogP contribution in [0.25, 0.3) is 0 Å². The number of nitrogen functional groups attached to an aromatic ring is 1. The van der Waals surface area contributed by atoms with Crippen molar-refractivity contribution in [1.82, 2.24) is 9.97 Å². The van der Waals surface area contributed by atoms with Crippen molar-refractivity contribution in [2.24, 2.45) is 0 Å². The molecule has 0 aliphatic heterocycles.